The highest BCUT2D eigenvalue weighted by Gasteiger charge is 2.61. The fourth-order valence-electron chi connectivity index (χ4n) is 11.0. The maximum atomic E-state index is 6.68. The zero-order chi connectivity index (χ0) is 36.0. The van der Waals surface area contributed by atoms with Gasteiger partial charge in [0.05, 0.1) is 11.2 Å². The van der Waals surface area contributed by atoms with Crippen LogP contribution in [0, 0.1) is 6.92 Å². The molecule has 3 nitrogen and oxygen atoms in total. The van der Waals surface area contributed by atoms with Crippen LogP contribution in [0.15, 0.2) is 120 Å². The molecule has 2 atom stereocenters. The maximum absolute atomic E-state index is 6.68. The van der Waals surface area contributed by atoms with E-state index in [0.29, 0.717) is 0 Å². The first-order valence-electron chi connectivity index (χ1n) is 19.6. The van der Waals surface area contributed by atoms with Gasteiger partial charge in [0, 0.05) is 44.5 Å². The molecule has 7 aromatic rings. The monoisotopic (exact) mass is 688 g/mol. The Labute approximate surface area is 313 Å². The second-order valence-electron chi connectivity index (χ2n) is 17.7. The molecule has 1 aromatic heterocycles. The third-order valence-corrected chi connectivity index (χ3v) is 13.8. The number of fused-ring (bicyclic) bond motifs is 11. The number of benzene rings is 6. The number of hydrogen-bond acceptors (Lipinski definition) is 3. The molecule has 0 saturated heterocycles. The molecule has 1 aliphatic carbocycles. The molecule has 4 aliphatic rings. The summed E-state index contributed by atoms with van der Waals surface area (Å²) < 4.78 is 6.68. The Morgan fingerprint density at radius 1 is 0.679 bits per heavy atom. The van der Waals surface area contributed by atoms with Crippen molar-refractivity contribution >= 4 is 73.5 Å². The summed E-state index contributed by atoms with van der Waals surface area (Å²) in [6, 6.07) is 43.6. The Hall–Kier alpha value is -5.22. The molecule has 0 N–H and O–H groups in total. The van der Waals surface area contributed by atoms with Gasteiger partial charge in [0.15, 0.2) is 0 Å². The quantitative estimate of drug-likeness (QED) is 0.169. The van der Waals surface area contributed by atoms with Gasteiger partial charge in [-0.3, -0.25) is 0 Å². The number of anilines is 5. The first kappa shape index (κ1) is 31.3. The highest BCUT2D eigenvalue weighted by atomic mass is 16.3. The molecule has 0 bridgehead atoms. The summed E-state index contributed by atoms with van der Waals surface area (Å²) in [7, 11) is 0. The average molecular weight is 689 g/mol. The average Bonchev–Trinajstić information content (AvgIpc) is 3.64. The smallest absolute Gasteiger partial charge is 0.253 e. The second kappa shape index (κ2) is 10.5. The summed E-state index contributed by atoms with van der Waals surface area (Å²) in [6.07, 6.45) is 4.95. The molecule has 6 aromatic carbocycles. The fraction of sp³-hybridized carbons (Fsp3) is 0.265. The third-order valence-electron chi connectivity index (χ3n) is 13.8. The van der Waals surface area contributed by atoms with Gasteiger partial charge in [-0.05, 0) is 113 Å². The molecule has 0 spiro atoms. The first-order valence-corrected chi connectivity index (χ1v) is 19.6. The van der Waals surface area contributed by atoms with Gasteiger partial charge < -0.3 is 14.2 Å². The van der Waals surface area contributed by atoms with E-state index in [2.05, 4.69) is 167 Å². The van der Waals surface area contributed by atoms with Gasteiger partial charge >= 0.3 is 0 Å². The van der Waals surface area contributed by atoms with Crippen molar-refractivity contribution in [3.8, 4) is 11.1 Å². The van der Waals surface area contributed by atoms with Crippen LogP contribution in [0.25, 0.3) is 33.1 Å². The van der Waals surface area contributed by atoms with E-state index >= 15 is 0 Å². The van der Waals surface area contributed by atoms with Gasteiger partial charge in [0.25, 0.3) is 6.71 Å². The fourth-order valence-corrected chi connectivity index (χ4v) is 11.0. The van der Waals surface area contributed by atoms with Crippen LogP contribution in [0.3, 0.4) is 0 Å². The Morgan fingerprint density at radius 2 is 1.43 bits per heavy atom. The van der Waals surface area contributed by atoms with Gasteiger partial charge in [-0.1, -0.05) is 113 Å². The minimum absolute atomic E-state index is 0.0105. The van der Waals surface area contributed by atoms with E-state index in [9.17, 15) is 0 Å². The van der Waals surface area contributed by atoms with E-state index in [1.54, 1.807) is 0 Å². The van der Waals surface area contributed by atoms with E-state index in [4.69, 9.17) is 4.42 Å². The summed E-state index contributed by atoms with van der Waals surface area (Å²) in [5.41, 5.74) is 19.4. The van der Waals surface area contributed by atoms with Crippen molar-refractivity contribution in [3.63, 3.8) is 0 Å². The minimum Gasteiger partial charge on any atom is -0.456 e. The van der Waals surface area contributed by atoms with Crippen molar-refractivity contribution in [2.24, 2.45) is 0 Å². The molecule has 4 heterocycles. The van der Waals surface area contributed by atoms with Crippen LogP contribution in [0.5, 0.6) is 0 Å². The van der Waals surface area contributed by atoms with Gasteiger partial charge in [-0.2, -0.15) is 0 Å². The Kier molecular flexibility index (Phi) is 6.19. The zero-order valence-corrected chi connectivity index (χ0v) is 31.7. The van der Waals surface area contributed by atoms with E-state index < -0.39 is 0 Å². The van der Waals surface area contributed by atoms with Crippen molar-refractivity contribution in [3.05, 3.63) is 132 Å². The molecule has 0 amide bonds. The zero-order valence-electron chi connectivity index (χ0n) is 31.7. The van der Waals surface area contributed by atoms with Crippen LogP contribution in [-0.2, 0) is 10.8 Å². The summed E-state index contributed by atoms with van der Waals surface area (Å²) in [4.78, 5) is 5.44. The molecule has 1 saturated carbocycles. The highest BCUT2D eigenvalue weighted by molar-refractivity contribution is 7.01. The maximum Gasteiger partial charge on any atom is 0.253 e. The van der Waals surface area contributed by atoms with E-state index in [1.165, 1.54) is 109 Å². The summed E-state index contributed by atoms with van der Waals surface area (Å²) >= 11 is 0. The second-order valence-corrected chi connectivity index (χ2v) is 17.7. The van der Waals surface area contributed by atoms with Crippen molar-refractivity contribution in [1.29, 1.82) is 0 Å². The van der Waals surface area contributed by atoms with Crippen LogP contribution in [-0.4, -0.2) is 12.3 Å². The van der Waals surface area contributed by atoms with E-state index in [-0.39, 0.29) is 23.1 Å². The first-order chi connectivity index (χ1) is 25.6. The lowest BCUT2D eigenvalue weighted by Gasteiger charge is -2.53. The molecule has 0 radical (unpaired) electrons. The van der Waals surface area contributed by atoms with Gasteiger partial charge in [0.1, 0.15) is 11.2 Å². The molecular formula is C49H45BN2O. The molecule has 11 rings (SSSR count). The predicted octanol–water partition coefficient (Wildman–Crippen LogP) is 11.2. The van der Waals surface area contributed by atoms with Crippen LogP contribution in [0.4, 0.5) is 28.4 Å². The molecule has 260 valence electrons. The predicted molar refractivity (Wildman–Crippen MR) is 225 cm³/mol. The number of aryl methyl sites for hydroxylation is 1. The lowest BCUT2D eigenvalue weighted by atomic mass is 9.33. The van der Waals surface area contributed by atoms with E-state index in [0.717, 1.165) is 11.2 Å². The lowest BCUT2D eigenvalue weighted by molar-refractivity contribution is 0.195. The van der Waals surface area contributed by atoms with Crippen molar-refractivity contribution in [1.82, 2.24) is 0 Å². The lowest BCUT2D eigenvalue weighted by Crippen LogP contribution is -2.64. The largest absolute Gasteiger partial charge is 0.456 e. The van der Waals surface area contributed by atoms with Gasteiger partial charge in [-0.15, -0.1) is 0 Å². The summed E-state index contributed by atoms with van der Waals surface area (Å²) in [5.74, 6) is 0. The summed E-state index contributed by atoms with van der Waals surface area (Å²) in [5, 5.41) is 2.42. The number of furan rings is 1. The van der Waals surface area contributed by atoms with Crippen LogP contribution in [0.1, 0.15) is 77.0 Å². The Morgan fingerprint density at radius 3 is 2.26 bits per heavy atom. The topological polar surface area (TPSA) is 19.6 Å². The van der Waals surface area contributed by atoms with Crippen molar-refractivity contribution in [2.75, 3.05) is 9.80 Å². The molecule has 4 heteroatoms. The number of hydrogen-bond donors (Lipinski definition) is 0. The van der Waals surface area contributed by atoms with Crippen molar-refractivity contribution in [2.45, 2.75) is 83.6 Å². The van der Waals surface area contributed by atoms with Crippen LogP contribution in [0.2, 0.25) is 0 Å². The summed E-state index contributed by atoms with van der Waals surface area (Å²) in [6.45, 7) is 14.4. The van der Waals surface area contributed by atoms with Crippen molar-refractivity contribution < 1.29 is 4.42 Å². The number of rotatable bonds is 2. The molecule has 1 fully saturated rings. The number of para-hydroxylation sites is 2. The molecule has 53 heavy (non-hydrogen) atoms. The number of nitrogens with zero attached hydrogens (tertiary/aromatic N) is 2. The normalized spacial score (nSPS) is 21.1. The molecule has 2 unspecified atom stereocenters. The SMILES string of the molecule is Cc1cc2c3c(c1)N1c4c(cccc4C4(C)CCCCC14C)B3c1c(ccc3oc4ccccc4c13)N2c1ccc(C(C)(C)C)cc1-c1ccccc1. The third kappa shape index (κ3) is 3.97. The van der Waals surface area contributed by atoms with Gasteiger partial charge in [-0.25, -0.2) is 0 Å². The molecular weight excluding hydrogens is 643 g/mol. The molecule has 3 aliphatic heterocycles. The van der Waals surface area contributed by atoms with Crippen LogP contribution >= 0.6 is 0 Å². The minimum atomic E-state index is -0.0147. The van der Waals surface area contributed by atoms with Gasteiger partial charge in [0.2, 0.25) is 0 Å². The standard InChI is InChI=1S/C49H45BN2O/c1-30-27-39-44-40(28-30)52-46-35(48(5)25-12-13-26-49(48,52)6)18-14-19-36(46)50(44)45-38(23-24-42-43(45)33-17-10-11-20-41(33)53-42)51(39)37-22-21-32(47(2,3)4)29-34(37)31-15-8-7-9-16-31/h7-11,14-24,27-29H,12-13,25-26H2,1-6H3. The van der Waals surface area contributed by atoms with Crippen LogP contribution < -0.4 is 26.2 Å². The highest BCUT2D eigenvalue weighted by Crippen LogP contribution is 2.62. The van der Waals surface area contributed by atoms with E-state index in [1.807, 2.05) is 0 Å². The Bertz CT molecular complexity index is 2680. The Balaban J connectivity index is 1.30.